The molecule has 1 amide bonds. The monoisotopic (exact) mass is 548 g/mol. The average molecular weight is 550 g/mol. The molecule has 7 heteroatoms. The van der Waals surface area contributed by atoms with Crippen LogP contribution < -0.4 is 5.73 Å². The Morgan fingerprint density at radius 3 is 1.84 bits per heavy atom. The van der Waals surface area contributed by atoms with Crippen LogP contribution in [0.4, 0.5) is 0 Å². The minimum atomic E-state index is -0.554. The summed E-state index contributed by atoms with van der Waals surface area (Å²) < 4.78 is 12.6. The van der Waals surface area contributed by atoms with Crippen LogP contribution in [-0.2, 0) is 25.1 Å². The van der Waals surface area contributed by atoms with Gasteiger partial charge < -0.3 is 15.2 Å². The van der Waals surface area contributed by atoms with Crippen LogP contribution in [0.15, 0.2) is 57.5 Å². The first kappa shape index (κ1) is 23.9. The normalized spacial score (nSPS) is 19.4. The van der Waals surface area contributed by atoms with Crippen molar-refractivity contribution in [3.63, 3.8) is 0 Å². The van der Waals surface area contributed by atoms with Gasteiger partial charge in [-0.3, -0.25) is 4.79 Å². The van der Waals surface area contributed by atoms with Gasteiger partial charge in [-0.1, -0.05) is 56.1 Å². The molecule has 2 aliphatic heterocycles. The highest BCUT2D eigenvalue weighted by Crippen LogP contribution is 2.36. The van der Waals surface area contributed by atoms with Crippen molar-refractivity contribution >= 4 is 37.8 Å². The molecule has 0 spiro atoms. The molecule has 0 unspecified atom stereocenters. The van der Waals surface area contributed by atoms with Gasteiger partial charge in [0.25, 0.3) is 0 Å². The molecule has 164 valence electrons. The number of halogens is 2. The van der Waals surface area contributed by atoms with E-state index in [1.165, 1.54) is 0 Å². The largest absolute Gasteiger partial charge is 0.381 e. The maximum Gasteiger partial charge on any atom is 0.228 e. The van der Waals surface area contributed by atoms with Gasteiger partial charge in [-0.05, 0) is 61.1 Å². The molecule has 5 nitrogen and oxygen atoms in total. The molecule has 2 aromatic carbocycles. The van der Waals surface area contributed by atoms with E-state index < -0.39 is 5.41 Å². The number of ether oxygens (including phenoxy) is 2. The van der Waals surface area contributed by atoms with Crippen LogP contribution in [0, 0.1) is 11.3 Å². The van der Waals surface area contributed by atoms with Crippen molar-refractivity contribution in [2.75, 3.05) is 26.4 Å². The lowest BCUT2D eigenvalue weighted by Gasteiger charge is -2.34. The summed E-state index contributed by atoms with van der Waals surface area (Å²) in [6.45, 7) is 2.55. The van der Waals surface area contributed by atoms with Crippen molar-refractivity contribution in [2.24, 2.45) is 5.73 Å². The van der Waals surface area contributed by atoms with E-state index in [1.54, 1.807) is 0 Å². The lowest BCUT2D eigenvalue weighted by molar-refractivity contribution is -0.127. The van der Waals surface area contributed by atoms with Crippen molar-refractivity contribution in [2.45, 2.75) is 36.5 Å². The van der Waals surface area contributed by atoms with Crippen LogP contribution in [0.25, 0.3) is 0 Å². The molecule has 2 aromatic rings. The fourth-order valence-electron chi connectivity index (χ4n) is 4.15. The van der Waals surface area contributed by atoms with Crippen LogP contribution >= 0.6 is 31.9 Å². The number of carbonyl (C=O) groups excluding carboxylic acids is 1. The van der Waals surface area contributed by atoms with Gasteiger partial charge in [0.15, 0.2) is 0 Å². The molecular formula is C24H26Br2N2O3. The van der Waals surface area contributed by atoms with Crippen LogP contribution in [0.1, 0.15) is 36.8 Å². The number of hydrogen-bond acceptors (Lipinski definition) is 4. The summed E-state index contributed by atoms with van der Waals surface area (Å²) in [5, 5.41) is 9.36. The zero-order valence-electron chi connectivity index (χ0n) is 17.3. The third-order valence-corrected chi connectivity index (χ3v) is 7.12. The topological polar surface area (TPSA) is 85.3 Å². The lowest BCUT2D eigenvalue weighted by atomic mass is 9.73. The number of rotatable bonds is 3. The van der Waals surface area contributed by atoms with Crippen molar-refractivity contribution in [1.82, 2.24) is 0 Å². The van der Waals surface area contributed by atoms with E-state index >= 15 is 0 Å². The number of benzene rings is 2. The Balaban J connectivity index is 0.000000176. The summed E-state index contributed by atoms with van der Waals surface area (Å²) in [5.41, 5.74) is 6.76. The van der Waals surface area contributed by atoms with Crippen molar-refractivity contribution in [3.05, 3.63) is 68.6 Å². The fraction of sp³-hybridized carbons (Fsp3) is 0.417. The van der Waals surface area contributed by atoms with E-state index in [2.05, 4.69) is 37.9 Å². The number of primary amides is 1. The van der Waals surface area contributed by atoms with Gasteiger partial charge in [0.2, 0.25) is 5.91 Å². The number of nitriles is 1. The Labute approximate surface area is 200 Å². The molecule has 0 radical (unpaired) electrons. The summed E-state index contributed by atoms with van der Waals surface area (Å²) in [7, 11) is 0. The highest BCUT2D eigenvalue weighted by Gasteiger charge is 2.40. The molecule has 0 saturated carbocycles. The number of amides is 1. The Bertz CT molecular complexity index is 946. The summed E-state index contributed by atoms with van der Waals surface area (Å²) in [6, 6.07) is 18.3. The molecule has 2 heterocycles. The van der Waals surface area contributed by atoms with Crippen LogP contribution in [-0.4, -0.2) is 32.3 Å². The summed E-state index contributed by atoms with van der Waals surface area (Å²) in [4.78, 5) is 11.7. The Morgan fingerprint density at radius 1 is 0.871 bits per heavy atom. The molecule has 4 rings (SSSR count). The zero-order valence-corrected chi connectivity index (χ0v) is 20.5. The quantitative estimate of drug-likeness (QED) is 0.583. The molecule has 2 N–H and O–H groups in total. The predicted molar refractivity (Wildman–Crippen MR) is 127 cm³/mol. The highest BCUT2D eigenvalue weighted by atomic mass is 79.9. The Kier molecular flexibility index (Phi) is 8.29. The lowest BCUT2D eigenvalue weighted by Crippen LogP contribution is -2.45. The Morgan fingerprint density at radius 2 is 1.35 bits per heavy atom. The SMILES string of the molecule is N#CC1(c2cccc(Br)c2)CCOCC1.NC(=O)C1(c2cccc(Br)c2)CCOCC1. The zero-order chi connectivity index (χ0) is 22.3. The number of hydrogen-bond donors (Lipinski definition) is 1. The van der Waals surface area contributed by atoms with Crippen LogP contribution in [0.3, 0.4) is 0 Å². The molecule has 2 fully saturated rings. The maximum absolute atomic E-state index is 11.7. The number of nitrogens with zero attached hydrogens (tertiary/aromatic N) is 1. The van der Waals surface area contributed by atoms with Crippen molar-refractivity contribution in [1.29, 1.82) is 5.26 Å². The van der Waals surface area contributed by atoms with E-state index in [0.717, 1.165) is 32.9 Å². The van der Waals surface area contributed by atoms with Gasteiger partial charge in [0.1, 0.15) is 0 Å². The van der Waals surface area contributed by atoms with E-state index in [0.29, 0.717) is 39.3 Å². The molecule has 0 aliphatic carbocycles. The third kappa shape index (κ3) is 5.56. The summed E-state index contributed by atoms with van der Waals surface area (Å²) in [6.07, 6.45) is 2.91. The smallest absolute Gasteiger partial charge is 0.228 e. The van der Waals surface area contributed by atoms with Crippen LogP contribution in [0.2, 0.25) is 0 Å². The first-order valence-corrected chi connectivity index (χ1v) is 11.9. The van der Waals surface area contributed by atoms with Crippen molar-refractivity contribution < 1.29 is 14.3 Å². The second-order valence-electron chi connectivity index (χ2n) is 7.89. The summed E-state index contributed by atoms with van der Waals surface area (Å²) >= 11 is 6.86. The summed E-state index contributed by atoms with van der Waals surface area (Å²) in [5.74, 6) is -0.256. The molecule has 2 aliphatic rings. The first-order valence-electron chi connectivity index (χ1n) is 10.3. The van der Waals surface area contributed by atoms with Crippen LogP contribution in [0.5, 0.6) is 0 Å². The van der Waals surface area contributed by atoms with E-state index in [9.17, 15) is 10.1 Å². The van der Waals surface area contributed by atoms with Gasteiger partial charge >= 0.3 is 0 Å². The van der Waals surface area contributed by atoms with Gasteiger partial charge in [0, 0.05) is 35.4 Å². The Hall–Kier alpha value is -1.72. The minimum Gasteiger partial charge on any atom is -0.381 e. The predicted octanol–water partition coefficient (Wildman–Crippen LogP) is 5.00. The van der Waals surface area contributed by atoms with Gasteiger partial charge in [-0.15, -0.1) is 0 Å². The third-order valence-electron chi connectivity index (χ3n) is 6.13. The molecule has 31 heavy (non-hydrogen) atoms. The molecule has 2 saturated heterocycles. The van der Waals surface area contributed by atoms with Crippen molar-refractivity contribution in [3.8, 4) is 6.07 Å². The molecular weight excluding hydrogens is 524 g/mol. The van der Waals surface area contributed by atoms with Gasteiger partial charge in [0.05, 0.1) is 16.9 Å². The minimum absolute atomic E-state index is 0.256. The second kappa shape index (κ2) is 10.7. The van der Waals surface area contributed by atoms with Gasteiger partial charge in [-0.25, -0.2) is 0 Å². The second-order valence-corrected chi connectivity index (χ2v) is 9.72. The number of carbonyl (C=O) groups is 1. The maximum atomic E-state index is 11.7. The van der Waals surface area contributed by atoms with E-state index in [1.807, 2.05) is 48.5 Å². The number of nitrogens with two attached hydrogens (primary N) is 1. The molecule has 0 bridgehead atoms. The average Bonchev–Trinajstić information content (AvgIpc) is 2.80. The first-order chi connectivity index (χ1) is 14.9. The molecule has 0 aromatic heterocycles. The van der Waals surface area contributed by atoms with E-state index in [4.69, 9.17) is 15.2 Å². The van der Waals surface area contributed by atoms with E-state index in [-0.39, 0.29) is 11.3 Å². The van der Waals surface area contributed by atoms with Gasteiger partial charge in [-0.2, -0.15) is 5.26 Å². The standard InChI is InChI=1S/C12H14BrNO2.C12H12BrNO/c13-10-3-1-2-9(8-10)12(11(14)15)4-6-16-7-5-12;13-11-3-1-2-10(8-11)12(9-14)4-6-15-7-5-12/h1-3,8H,4-7H2,(H2,14,15);1-3,8H,4-7H2. The highest BCUT2D eigenvalue weighted by molar-refractivity contribution is 9.10. The molecule has 0 atom stereocenters. The fourth-order valence-corrected chi connectivity index (χ4v) is 4.95.